The fourth-order valence-corrected chi connectivity index (χ4v) is 8.07. The molecule has 3 fully saturated rings. The number of rotatable bonds is 6. The SMILES string of the molecule is C[C@]12CCC(OP(=O)(O)OCC[N+](C)(C)C)CC1=CCC1C2CC[C@]2(C)C(=O)CCC12. The summed E-state index contributed by atoms with van der Waals surface area (Å²) in [4.78, 5) is 22.8. The number of phosphoric ester groups is 1. The van der Waals surface area contributed by atoms with Crippen LogP contribution in [0.5, 0.6) is 0 Å². The van der Waals surface area contributed by atoms with Gasteiger partial charge in [0.2, 0.25) is 0 Å². The van der Waals surface area contributed by atoms with E-state index in [-0.39, 0.29) is 23.5 Å². The highest BCUT2D eigenvalue weighted by Crippen LogP contribution is 2.64. The molecule has 5 unspecified atom stereocenters. The fraction of sp³-hybridized carbons (Fsp3) is 0.875. The Morgan fingerprint density at radius 1 is 1.13 bits per heavy atom. The summed E-state index contributed by atoms with van der Waals surface area (Å²) in [5, 5.41) is 0. The molecule has 7 heteroatoms. The quantitative estimate of drug-likeness (QED) is 0.357. The lowest BCUT2D eigenvalue weighted by Gasteiger charge is -2.57. The number of phosphoric acid groups is 1. The Kier molecular flexibility index (Phi) is 6.14. The molecule has 0 aromatic heterocycles. The number of nitrogens with zero attached hydrogens (tertiary/aromatic N) is 1. The van der Waals surface area contributed by atoms with Crippen molar-refractivity contribution in [2.75, 3.05) is 34.3 Å². The van der Waals surface area contributed by atoms with Crippen molar-refractivity contribution < 1.29 is 27.8 Å². The summed E-state index contributed by atoms with van der Waals surface area (Å²) in [5.74, 6) is 2.21. The predicted molar refractivity (Wildman–Crippen MR) is 120 cm³/mol. The van der Waals surface area contributed by atoms with E-state index in [4.69, 9.17) is 9.05 Å². The number of likely N-dealkylation sites (N-methyl/N-ethyl adjacent to an activating group) is 1. The van der Waals surface area contributed by atoms with E-state index >= 15 is 0 Å². The molecule has 0 amide bonds. The zero-order chi connectivity index (χ0) is 22.7. The second kappa shape index (κ2) is 8.06. The van der Waals surface area contributed by atoms with E-state index in [2.05, 4.69) is 19.9 Å². The molecule has 176 valence electrons. The molecule has 7 atom stereocenters. The highest BCUT2D eigenvalue weighted by molar-refractivity contribution is 7.47. The van der Waals surface area contributed by atoms with Crippen molar-refractivity contribution in [3.8, 4) is 0 Å². The van der Waals surface area contributed by atoms with Gasteiger partial charge in [-0.05, 0) is 68.1 Å². The van der Waals surface area contributed by atoms with Crippen molar-refractivity contribution in [2.45, 2.75) is 71.3 Å². The molecule has 3 saturated carbocycles. The van der Waals surface area contributed by atoms with Crippen LogP contribution >= 0.6 is 7.82 Å². The van der Waals surface area contributed by atoms with Crippen LogP contribution in [0.4, 0.5) is 0 Å². The Balaban J connectivity index is 1.42. The van der Waals surface area contributed by atoms with Crippen LogP contribution in [0, 0.1) is 28.6 Å². The minimum absolute atomic E-state index is 0.101. The van der Waals surface area contributed by atoms with Crippen LogP contribution in [0.2, 0.25) is 0 Å². The molecule has 0 heterocycles. The molecular formula is C24H41NO5P+. The molecule has 4 rings (SSSR count). The normalized spacial score (nSPS) is 42.3. The molecule has 0 radical (unpaired) electrons. The summed E-state index contributed by atoms with van der Waals surface area (Å²) >= 11 is 0. The molecule has 4 aliphatic rings. The molecule has 0 saturated heterocycles. The number of carbonyl (C=O) groups is 1. The van der Waals surface area contributed by atoms with Gasteiger partial charge in [-0.25, -0.2) is 4.57 Å². The van der Waals surface area contributed by atoms with Crippen molar-refractivity contribution in [2.24, 2.45) is 28.6 Å². The molecule has 6 nitrogen and oxygen atoms in total. The first-order valence-corrected chi connectivity index (χ1v) is 13.5. The third-order valence-corrected chi connectivity index (χ3v) is 10.1. The molecule has 31 heavy (non-hydrogen) atoms. The summed E-state index contributed by atoms with van der Waals surface area (Å²) in [7, 11) is 2.01. The second-order valence-corrected chi connectivity index (χ2v) is 13.4. The molecule has 0 bridgehead atoms. The lowest BCUT2D eigenvalue weighted by molar-refractivity contribution is -0.870. The van der Waals surface area contributed by atoms with Crippen molar-refractivity contribution in [1.82, 2.24) is 0 Å². The van der Waals surface area contributed by atoms with Crippen molar-refractivity contribution in [3.63, 3.8) is 0 Å². The van der Waals surface area contributed by atoms with Gasteiger partial charge in [0.1, 0.15) is 18.9 Å². The highest BCUT2D eigenvalue weighted by atomic mass is 31.2. The lowest BCUT2D eigenvalue weighted by Crippen LogP contribution is -2.50. The topological polar surface area (TPSA) is 72.8 Å². The summed E-state index contributed by atoms with van der Waals surface area (Å²) in [6.07, 6.45) is 9.57. The smallest absolute Gasteiger partial charge is 0.329 e. The van der Waals surface area contributed by atoms with Crippen molar-refractivity contribution in [3.05, 3.63) is 11.6 Å². The van der Waals surface area contributed by atoms with Crippen LogP contribution in [0.3, 0.4) is 0 Å². The van der Waals surface area contributed by atoms with E-state index in [0.29, 0.717) is 41.0 Å². The van der Waals surface area contributed by atoms with Crippen LogP contribution in [-0.4, -0.2) is 55.6 Å². The van der Waals surface area contributed by atoms with Gasteiger partial charge in [0.05, 0.1) is 27.2 Å². The monoisotopic (exact) mass is 454 g/mol. The predicted octanol–water partition coefficient (Wildman–Crippen LogP) is 4.73. The van der Waals surface area contributed by atoms with Gasteiger partial charge in [-0.2, -0.15) is 0 Å². The van der Waals surface area contributed by atoms with Gasteiger partial charge in [0.25, 0.3) is 0 Å². The van der Waals surface area contributed by atoms with Crippen LogP contribution < -0.4 is 0 Å². The van der Waals surface area contributed by atoms with Gasteiger partial charge < -0.3 is 9.38 Å². The van der Waals surface area contributed by atoms with Gasteiger partial charge in [-0.3, -0.25) is 13.8 Å². The maximum absolute atomic E-state index is 12.6. The molecule has 0 aromatic rings. The number of Topliss-reactive ketones (excluding diaryl/α,β-unsaturated/α-hetero) is 1. The fourth-order valence-electron chi connectivity index (χ4n) is 7.14. The van der Waals surface area contributed by atoms with Crippen molar-refractivity contribution in [1.29, 1.82) is 0 Å². The Labute approximate surface area is 187 Å². The highest BCUT2D eigenvalue weighted by Gasteiger charge is 2.58. The first-order chi connectivity index (χ1) is 14.3. The van der Waals surface area contributed by atoms with E-state index in [9.17, 15) is 14.3 Å². The summed E-state index contributed by atoms with van der Waals surface area (Å²) in [6.45, 7) is 5.45. The summed E-state index contributed by atoms with van der Waals surface area (Å²) in [6, 6.07) is 0. The average molecular weight is 455 g/mol. The second-order valence-electron chi connectivity index (χ2n) is 12.0. The third-order valence-electron chi connectivity index (χ3n) is 9.07. The lowest BCUT2D eigenvalue weighted by atomic mass is 9.48. The van der Waals surface area contributed by atoms with E-state index < -0.39 is 7.82 Å². The molecule has 1 N–H and O–H groups in total. The molecule has 0 aromatic carbocycles. The Morgan fingerprint density at radius 3 is 2.52 bits per heavy atom. The van der Waals surface area contributed by atoms with Gasteiger partial charge >= 0.3 is 7.82 Å². The van der Waals surface area contributed by atoms with Crippen LogP contribution in [0.15, 0.2) is 11.6 Å². The van der Waals surface area contributed by atoms with Gasteiger partial charge in [0.15, 0.2) is 0 Å². The number of ketones is 1. The van der Waals surface area contributed by atoms with Crippen molar-refractivity contribution >= 4 is 13.6 Å². The van der Waals surface area contributed by atoms with Crippen LogP contribution in [-0.2, 0) is 18.4 Å². The van der Waals surface area contributed by atoms with Gasteiger partial charge in [-0.15, -0.1) is 0 Å². The largest absolute Gasteiger partial charge is 0.472 e. The maximum atomic E-state index is 12.6. The number of quaternary nitrogens is 1. The van der Waals surface area contributed by atoms with Crippen LogP contribution in [0.25, 0.3) is 0 Å². The Morgan fingerprint density at radius 2 is 1.81 bits per heavy atom. The number of allylic oxidation sites excluding steroid dienone is 1. The van der Waals surface area contributed by atoms with E-state index in [1.165, 1.54) is 5.57 Å². The van der Waals surface area contributed by atoms with E-state index in [1.807, 2.05) is 21.1 Å². The van der Waals surface area contributed by atoms with E-state index in [1.54, 1.807) is 0 Å². The molecular weight excluding hydrogens is 413 g/mol. The van der Waals surface area contributed by atoms with E-state index in [0.717, 1.165) is 44.9 Å². The average Bonchev–Trinajstić information content (AvgIpc) is 2.95. The zero-order valence-corrected chi connectivity index (χ0v) is 20.8. The number of carbonyl (C=O) groups excluding carboxylic acids is 1. The zero-order valence-electron chi connectivity index (χ0n) is 19.9. The number of fused-ring (bicyclic) bond motifs is 5. The maximum Gasteiger partial charge on any atom is 0.472 e. The first kappa shape index (κ1) is 23.6. The van der Waals surface area contributed by atoms with Gasteiger partial charge in [-0.1, -0.05) is 25.5 Å². The first-order valence-electron chi connectivity index (χ1n) is 12.0. The standard InChI is InChI=1S/C24H40NO5P/c1-23-12-10-18(30-31(27,28)29-15-14-25(3,4)5)16-17(23)6-7-19-20-8-9-22(26)24(20,2)13-11-21(19)23/h6,18-21H,7-16H2,1-5H3/p+1/t18?,19?,20?,21?,23-,24-/m0/s1. The minimum atomic E-state index is -4.05. The minimum Gasteiger partial charge on any atom is -0.329 e. The Bertz CT molecular complexity index is 804. The van der Waals surface area contributed by atoms with Crippen LogP contribution in [0.1, 0.15) is 65.2 Å². The number of hydrogen-bond donors (Lipinski definition) is 1. The van der Waals surface area contributed by atoms with Gasteiger partial charge in [0, 0.05) is 11.8 Å². The number of hydrogen-bond acceptors (Lipinski definition) is 4. The summed E-state index contributed by atoms with van der Waals surface area (Å²) in [5.41, 5.74) is 1.42. The molecule has 0 aliphatic heterocycles. The summed E-state index contributed by atoms with van der Waals surface area (Å²) < 4.78 is 24.0. The molecule has 4 aliphatic carbocycles. The Hall–Kier alpha value is -0.520. The third kappa shape index (κ3) is 4.48. The molecule has 0 spiro atoms.